The predicted octanol–water partition coefficient (Wildman–Crippen LogP) is 2.58. The van der Waals surface area contributed by atoms with Crippen LogP contribution in [0.5, 0.6) is 0 Å². The van der Waals surface area contributed by atoms with Crippen molar-refractivity contribution in [2.75, 3.05) is 5.32 Å². The highest BCUT2D eigenvalue weighted by atomic mass is 32.1. The molecule has 1 heterocycles. The first-order valence-corrected chi connectivity index (χ1v) is 6.53. The van der Waals surface area contributed by atoms with Crippen molar-refractivity contribution in [2.24, 2.45) is 5.73 Å². The zero-order chi connectivity index (χ0) is 14.7. The third-order valence-electron chi connectivity index (χ3n) is 2.93. The number of rotatable bonds is 3. The Morgan fingerprint density at radius 2 is 2.05 bits per heavy atom. The molecule has 0 aliphatic rings. The number of hydrogen-bond acceptors (Lipinski definition) is 3. The third-order valence-corrected chi connectivity index (χ3v) is 3.13. The highest BCUT2D eigenvalue weighted by Gasteiger charge is 2.12. The monoisotopic (exact) mass is 285 g/mol. The zero-order valence-corrected chi connectivity index (χ0v) is 12.1. The molecule has 0 fully saturated rings. The first-order valence-electron chi connectivity index (χ1n) is 6.12. The van der Waals surface area contributed by atoms with Gasteiger partial charge in [-0.1, -0.05) is 24.4 Å². The molecule has 0 aliphatic carbocycles. The minimum atomic E-state index is -0.210. The molecule has 0 bridgehead atoms. The lowest BCUT2D eigenvalue weighted by atomic mass is 10.1. The summed E-state index contributed by atoms with van der Waals surface area (Å²) in [7, 11) is 0. The van der Waals surface area contributed by atoms with E-state index in [1.54, 1.807) is 24.4 Å². The van der Waals surface area contributed by atoms with Gasteiger partial charge in [-0.25, -0.2) is 0 Å². The molecule has 102 valence electrons. The van der Waals surface area contributed by atoms with Gasteiger partial charge < -0.3 is 11.1 Å². The highest BCUT2D eigenvalue weighted by molar-refractivity contribution is 7.80. The van der Waals surface area contributed by atoms with Crippen LogP contribution in [-0.4, -0.2) is 15.9 Å². The number of benzene rings is 1. The van der Waals surface area contributed by atoms with Gasteiger partial charge in [0.1, 0.15) is 4.99 Å². The van der Waals surface area contributed by atoms with Crippen molar-refractivity contribution >= 4 is 28.8 Å². The van der Waals surface area contributed by atoms with Crippen LogP contribution >= 0.6 is 12.2 Å². The normalized spacial score (nSPS) is 10.1. The number of hydrogen-bond donors (Lipinski definition) is 2. The van der Waals surface area contributed by atoms with Crippen LogP contribution in [0.1, 0.15) is 27.2 Å². The van der Waals surface area contributed by atoms with Crippen molar-refractivity contribution in [1.82, 2.24) is 4.98 Å². The first kappa shape index (κ1) is 14.1. The number of nitrogens with two attached hydrogens (primary N) is 1. The Morgan fingerprint density at radius 3 is 2.70 bits per heavy atom. The molecule has 0 aliphatic heterocycles. The smallest absolute Gasteiger partial charge is 0.255 e. The van der Waals surface area contributed by atoms with Crippen LogP contribution in [-0.2, 0) is 0 Å². The van der Waals surface area contributed by atoms with E-state index in [0.29, 0.717) is 16.8 Å². The summed E-state index contributed by atoms with van der Waals surface area (Å²) in [6.07, 6.45) is 1.61. The Balaban J connectivity index is 2.33. The van der Waals surface area contributed by atoms with Crippen LogP contribution in [0.25, 0.3) is 0 Å². The largest absolute Gasteiger partial charge is 0.389 e. The van der Waals surface area contributed by atoms with Crippen LogP contribution in [0, 0.1) is 13.8 Å². The number of pyridine rings is 1. The van der Waals surface area contributed by atoms with Crippen LogP contribution in [0.3, 0.4) is 0 Å². The molecule has 0 saturated heterocycles. The fourth-order valence-electron chi connectivity index (χ4n) is 1.98. The van der Waals surface area contributed by atoms with Gasteiger partial charge in [-0.2, -0.15) is 0 Å². The van der Waals surface area contributed by atoms with Crippen LogP contribution in [0.15, 0.2) is 36.5 Å². The average Bonchev–Trinajstić information content (AvgIpc) is 2.38. The van der Waals surface area contributed by atoms with E-state index in [1.165, 1.54) is 0 Å². The minimum absolute atomic E-state index is 0.210. The van der Waals surface area contributed by atoms with Gasteiger partial charge in [-0.05, 0) is 37.6 Å². The number of anilines is 1. The van der Waals surface area contributed by atoms with Crippen molar-refractivity contribution in [1.29, 1.82) is 0 Å². The number of thiocarbonyl (C=S) groups is 1. The van der Waals surface area contributed by atoms with Crippen molar-refractivity contribution in [3.05, 3.63) is 58.9 Å². The molecule has 1 aromatic carbocycles. The Morgan fingerprint density at radius 1 is 1.30 bits per heavy atom. The molecule has 0 atom stereocenters. The number of amides is 1. The molecule has 20 heavy (non-hydrogen) atoms. The van der Waals surface area contributed by atoms with Gasteiger partial charge in [-0.15, -0.1) is 0 Å². The lowest BCUT2D eigenvalue weighted by Gasteiger charge is -2.12. The molecule has 3 N–H and O–H groups in total. The van der Waals surface area contributed by atoms with E-state index < -0.39 is 0 Å². The second-order valence-corrected chi connectivity index (χ2v) is 4.94. The second kappa shape index (κ2) is 5.79. The molecule has 1 aromatic heterocycles. The summed E-state index contributed by atoms with van der Waals surface area (Å²) in [4.78, 5) is 16.6. The van der Waals surface area contributed by atoms with E-state index >= 15 is 0 Å². The van der Waals surface area contributed by atoms with Crippen molar-refractivity contribution in [3.63, 3.8) is 0 Å². The van der Waals surface area contributed by atoms with E-state index in [0.717, 1.165) is 11.3 Å². The van der Waals surface area contributed by atoms with Gasteiger partial charge in [0.15, 0.2) is 0 Å². The fourth-order valence-corrected chi connectivity index (χ4v) is 2.25. The maximum absolute atomic E-state index is 12.2. The number of nitrogens with one attached hydrogen (secondary N) is 1. The molecule has 4 nitrogen and oxygen atoms in total. The Labute approximate surface area is 123 Å². The highest BCUT2D eigenvalue weighted by Crippen LogP contribution is 2.20. The topological polar surface area (TPSA) is 68.0 Å². The van der Waals surface area contributed by atoms with E-state index in [1.807, 2.05) is 26.0 Å². The average molecular weight is 285 g/mol. The van der Waals surface area contributed by atoms with Gasteiger partial charge >= 0.3 is 0 Å². The number of carbonyl (C=O) groups is 1. The summed E-state index contributed by atoms with van der Waals surface area (Å²) in [5.74, 6) is -0.210. The standard InChI is InChI=1S/C15H15N3OS/c1-9-4-3-5-12(13(9)14(16)20)18-15(19)11-6-7-17-10(2)8-11/h3-8H,1-2H3,(H2,16,20)(H,18,19). The molecule has 2 aromatic rings. The number of nitrogens with zero attached hydrogens (tertiary/aromatic N) is 1. The van der Waals surface area contributed by atoms with E-state index in [4.69, 9.17) is 18.0 Å². The van der Waals surface area contributed by atoms with Crippen molar-refractivity contribution < 1.29 is 4.79 Å². The molecule has 0 spiro atoms. The quantitative estimate of drug-likeness (QED) is 0.851. The first-order chi connectivity index (χ1) is 9.49. The lowest BCUT2D eigenvalue weighted by molar-refractivity contribution is 0.102. The number of aryl methyl sites for hydroxylation is 2. The van der Waals surface area contributed by atoms with Gasteiger partial charge in [0.2, 0.25) is 0 Å². The summed E-state index contributed by atoms with van der Waals surface area (Å²) < 4.78 is 0. The third kappa shape index (κ3) is 3.00. The summed E-state index contributed by atoms with van der Waals surface area (Å²) in [6.45, 7) is 3.74. The van der Waals surface area contributed by atoms with Crippen molar-refractivity contribution in [2.45, 2.75) is 13.8 Å². The van der Waals surface area contributed by atoms with Gasteiger partial charge in [0, 0.05) is 23.0 Å². The number of carbonyl (C=O) groups excluding carboxylic acids is 1. The summed E-state index contributed by atoms with van der Waals surface area (Å²) >= 11 is 5.04. The van der Waals surface area contributed by atoms with E-state index in [-0.39, 0.29) is 10.9 Å². The van der Waals surface area contributed by atoms with Gasteiger partial charge in [-0.3, -0.25) is 9.78 Å². The number of aromatic nitrogens is 1. The molecule has 0 unspecified atom stereocenters. The molecule has 5 heteroatoms. The van der Waals surface area contributed by atoms with E-state index in [2.05, 4.69) is 10.3 Å². The Kier molecular flexibility index (Phi) is 4.10. The minimum Gasteiger partial charge on any atom is -0.389 e. The van der Waals surface area contributed by atoms with E-state index in [9.17, 15) is 4.79 Å². The molecular weight excluding hydrogens is 270 g/mol. The molecule has 1 amide bonds. The maximum atomic E-state index is 12.2. The summed E-state index contributed by atoms with van der Waals surface area (Å²) in [5, 5.41) is 2.84. The summed E-state index contributed by atoms with van der Waals surface area (Å²) in [6, 6.07) is 8.93. The predicted molar refractivity (Wildman–Crippen MR) is 84.0 cm³/mol. The van der Waals surface area contributed by atoms with Crippen molar-refractivity contribution in [3.8, 4) is 0 Å². The summed E-state index contributed by atoms with van der Waals surface area (Å²) in [5.41, 5.74) is 9.31. The Bertz CT molecular complexity index is 683. The zero-order valence-electron chi connectivity index (χ0n) is 11.3. The molecule has 0 saturated carbocycles. The van der Waals surface area contributed by atoms with Crippen LogP contribution in [0.2, 0.25) is 0 Å². The molecule has 2 rings (SSSR count). The Hall–Kier alpha value is -2.27. The SMILES string of the molecule is Cc1cc(C(=O)Nc2cccc(C)c2C(N)=S)ccn1. The molecular formula is C15H15N3OS. The molecule has 0 radical (unpaired) electrons. The van der Waals surface area contributed by atoms with Gasteiger partial charge in [0.05, 0.1) is 5.69 Å². The van der Waals surface area contributed by atoms with Gasteiger partial charge in [0.25, 0.3) is 5.91 Å². The van der Waals surface area contributed by atoms with Crippen LogP contribution < -0.4 is 11.1 Å². The lowest BCUT2D eigenvalue weighted by Crippen LogP contribution is -2.18. The van der Waals surface area contributed by atoms with Crippen LogP contribution in [0.4, 0.5) is 5.69 Å². The fraction of sp³-hybridized carbons (Fsp3) is 0.133. The maximum Gasteiger partial charge on any atom is 0.255 e. The second-order valence-electron chi connectivity index (χ2n) is 4.50.